The minimum atomic E-state index is -2.98. The topological polar surface area (TPSA) is 80.5 Å². The zero-order chi connectivity index (χ0) is 17.4. The second-order valence-electron chi connectivity index (χ2n) is 7.34. The molecule has 0 N–H and O–H groups in total. The van der Waals surface area contributed by atoms with Gasteiger partial charge in [-0.15, -0.1) is 0 Å². The number of nitrogens with zero attached hydrogens (tertiary/aromatic N) is 2. The molecule has 1 unspecified atom stereocenters. The van der Waals surface area contributed by atoms with Gasteiger partial charge in [0.25, 0.3) is 0 Å². The minimum Gasteiger partial charge on any atom is -0.445 e. The number of oxazole rings is 1. The average Bonchev–Trinajstić information content (AvgIpc) is 2.97. The number of aryl methyl sites for hydroxylation is 2. The van der Waals surface area contributed by atoms with Gasteiger partial charge in [0, 0.05) is 31.3 Å². The molecule has 0 radical (unpaired) electrons. The Morgan fingerprint density at radius 1 is 1.39 bits per heavy atom. The molecule has 1 aliphatic rings. The number of amides is 1. The van der Waals surface area contributed by atoms with E-state index in [9.17, 15) is 13.2 Å². The van der Waals surface area contributed by atoms with Gasteiger partial charge in [-0.2, -0.15) is 0 Å². The van der Waals surface area contributed by atoms with Crippen LogP contribution in [0.3, 0.4) is 0 Å². The van der Waals surface area contributed by atoms with Gasteiger partial charge in [-0.3, -0.25) is 4.79 Å². The van der Waals surface area contributed by atoms with Crippen LogP contribution in [0.25, 0.3) is 0 Å². The van der Waals surface area contributed by atoms with Crippen LogP contribution >= 0.6 is 0 Å². The van der Waals surface area contributed by atoms with Crippen molar-refractivity contribution in [3.05, 3.63) is 17.3 Å². The van der Waals surface area contributed by atoms with Crippen molar-refractivity contribution in [1.29, 1.82) is 0 Å². The summed E-state index contributed by atoms with van der Waals surface area (Å²) in [5.74, 6) is 1.60. The number of carbonyl (C=O) groups is 1. The lowest BCUT2D eigenvalue weighted by molar-refractivity contribution is -0.131. The second kappa shape index (κ2) is 6.26. The summed E-state index contributed by atoms with van der Waals surface area (Å²) in [6.07, 6.45) is 1.31. The molecule has 23 heavy (non-hydrogen) atoms. The first-order chi connectivity index (χ1) is 10.5. The molecule has 2 rings (SSSR count). The molecule has 0 spiro atoms. The zero-order valence-corrected chi connectivity index (χ0v) is 15.4. The first-order valence-electron chi connectivity index (χ1n) is 7.92. The van der Waals surface area contributed by atoms with Gasteiger partial charge in [0.1, 0.15) is 5.76 Å². The number of carbonyl (C=O) groups excluding carboxylic acids is 1. The van der Waals surface area contributed by atoms with Gasteiger partial charge in [-0.05, 0) is 13.3 Å². The van der Waals surface area contributed by atoms with Crippen LogP contribution in [0, 0.1) is 6.92 Å². The Labute approximate surface area is 138 Å². The van der Waals surface area contributed by atoms with Gasteiger partial charge in [-0.1, -0.05) is 20.8 Å². The molecule has 1 atom stereocenters. The Balaban J connectivity index is 1.96. The quantitative estimate of drug-likeness (QED) is 0.834. The van der Waals surface area contributed by atoms with Crippen molar-refractivity contribution in [2.75, 3.05) is 18.6 Å². The standard InChI is InChI=1S/C16H26N2O4S/c1-11-13(22-15(17-11)16(2,3)4)6-7-14(19)18(5)12-8-9-23(20,21)10-12/h12H,6-10H2,1-5H3. The van der Waals surface area contributed by atoms with Crippen molar-refractivity contribution >= 4 is 15.7 Å². The Bertz CT molecular complexity index is 685. The summed E-state index contributed by atoms with van der Waals surface area (Å²) in [5.41, 5.74) is 0.649. The predicted molar refractivity (Wildman–Crippen MR) is 88.1 cm³/mol. The van der Waals surface area contributed by atoms with E-state index in [4.69, 9.17) is 4.42 Å². The molecular weight excluding hydrogens is 316 g/mol. The average molecular weight is 342 g/mol. The summed E-state index contributed by atoms with van der Waals surface area (Å²) in [6.45, 7) is 7.97. The molecule has 0 saturated carbocycles. The summed E-state index contributed by atoms with van der Waals surface area (Å²) in [7, 11) is -1.30. The number of hydrogen-bond acceptors (Lipinski definition) is 5. The molecule has 2 heterocycles. The van der Waals surface area contributed by atoms with Crippen molar-refractivity contribution in [2.45, 2.75) is 58.4 Å². The van der Waals surface area contributed by atoms with Crippen molar-refractivity contribution in [3.8, 4) is 0 Å². The van der Waals surface area contributed by atoms with Gasteiger partial charge >= 0.3 is 0 Å². The predicted octanol–water partition coefficient (Wildman–Crippen LogP) is 1.86. The van der Waals surface area contributed by atoms with Gasteiger partial charge in [0.05, 0.1) is 17.2 Å². The van der Waals surface area contributed by atoms with Crippen molar-refractivity contribution in [1.82, 2.24) is 9.88 Å². The molecular formula is C16H26N2O4S. The van der Waals surface area contributed by atoms with Crippen molar-refractivity contribution < 1.29 is 17.6 Å². The molecule has 7 heteroatoms. The maximum atomic E-state index is 12.3. The van der Waals surface area contributed by atoms with Gasteiger partial charge in [0.15, 0.2) is 15.7 Å². The Kier molecular flexibility index (Phi) is 4.89. The van der Waals surface area contributed by atoms with Gasteiger partial charge in [-0.25, -0.2) is 13.4 Å². The molecule has 0 aliphatic carbocycles. The second-order valence-corrected chi connectivity index (χ2v) is 9.57. The van der Waals surface area contributed by atoms with E-state index in [1.807, 2.05) is 27.7 Å². The maximum Gasteiger partial charge on any atom is 0.223 e. The molecule has 1 aromatic rings. The maximum absolute atomic E-state index is 12.3. The van der Waals surface area contributed by atoms with Crippen LogP contribution in [0.4, 0.5) is 0 Å². The Hall–Kier alpha value is -1.37. The Morgan fingerprint density at radius 3 is 2.52 bits per heavy atom. The van der Waals surface area contributed by atoms with E-state index in [2.05, 4.69) is 4.98 Å². The first kappa shape index (κ1) is 18.0. The third kappa shape index (κ3) is 4.34. The largest absolute Gasteiger partial charge is 0.445 e. The molecule has 1 fully saturated rings. The highest BCUT2D eigenvalue weighted by Crippen LogP contribution is 2.25. The van der Waals surface area contributed by atoms with Crippen LogP contribution in [-0.2, 0) is 26.5 Å². The molecule has 6 nitrogen and oxygen atoms in total. The number of aromatic nitrogens is 1. The first-order valence-corrected chi connectivity index (χ1v) is 9.74. The van der Waals surface area contributed by atoms with Crippen LogP contribution in [0.2, 0.25) is 0 Å². The monoisotopic (exact) mass is 342 g/mol. The Morgan fingerprint density at radius 2 is 2.04 bits per heavy atom. The third-order valence-electron chi connectivity index (χ3n) is 4.25. The van der Waals surface area contributed by atoms with Crippen molar-refractivity contribution in [2.24, 2.45) is 0 Å². The van der Waals surface area contributed by atoms with E-state index < -0.39 is 9.84 Å². The van der Waals surface area contributed by atoms with E-state index in [1.54, 1.807) is 11.9 Å². The third-order valence-corrected chi connectivity index (χ3v) is 6.00. The molecule has 0 aromatic carbocycles. The van der Waals surface area contributed by atoms with E-state index in [1.165, 1.54) is 0 Å². The fourth-order valence-corrected chi connectivity index (χ4v) is 4.44. The minimum absolute atomic E-state index is 0.0554. The van der Waals surface area contributed by atoms with Crippen molar-refractivity contribution in [3.63, 3.8) is 0 Å². The number of sulfone groups is 1. The van der Waals surface area contributed by atoms with E-state index in [-0.39, 0.29) is 28.9 Å². The lowest BCUT2D eigenvalue weighted by Crippen LogP contribution is -2.37. The molecule has 1 aromatic heterocycles. The summed E-state index contributed by atoms with van der Waals surface area (Å²) < 4.78 is 28.8. The number of hydrogen-bond donors (Lipinski definition) is 0. The summed E-state index contributed by atoms with van der Waals surface area (Å²) in [4.78, 5) is 18.3. The smallest absolute Gasteiger partial charge is 0.223 e. The molecule has 1 amide bonds. The fraction of sp³-hybridized carbons (Fsp3) is 0.750. The number of rotatable bonds is 4. The van der Waals surface area contributed by atoms with E-state index in [0.29, 0.717) is 25.2 Å². The molecule has 1 aliphatic heterocycles. The molecule has 0 bridgehead atoms. The van der Waals surface area contributed by atoms with Crippen LogP contribution in [0.1, 0.15) is 51.0 Å². The summed E-state index contributed by atoms with van der Waals surface area (Å²) >= 11 is 0. The van der Waals surface area contributed by atoms with Crippen LogP contribution in [0.15, 0.2) is 4.42 Å². The fourth-order valence-electron chi connectivity index (χ4n) is 2.66. The highest BCUT2D eigenvalue weighted by atomic mass is 32.2. The lowest BCUT2D eigenvalue weighted by Gasteiger charge is -2.23. The van der Waals surface area contributed by atoms with E-state index >= 15 is 0 Å². The summed E-state index contributed by atoms with van der Waals surface area (Å²) in [5, 5.41) is 0. The van der Waals surface area contributed by atoms with Gasteiger partial charge < -0.3 is 9.32 Å². The van der Waals surface area contributed by atoms with Crippen LogP contribution < -0.4 is 0 Å². The summed E-state index contributed by atoms with van der Waals surface area (Å²) in [6, 6.07) is -0.201. The zero-order valence-electron chi connectivity index (χ0n) is 14.5. The van der Waals surface area contributed by atoms with Crippen LogP contribution in [0.5, 0.6) is 0 Å². The lowest BCUT2D eigenvalue weighted by atomic mass is 9.97. The highest BCUT2D eigenvalue weighted by molar-refractivity contribution is 7.91. The molecule has 130 valence electrons. The molecule has 1 saturated heterocycles. The van der Waals surface area contributed by atoms with E-state index in [0.717, 1.165) is 11.5 Å². The highest BCUT2D eigenvalue weighted by Gasteiger charge is 2.32. The van der Waals surface area contributed by atoms with Gasteiger partial charge in [0.2, 0.25) is 5.91 Å². The normalized spacial score (nSPS) is 20.7. The van der Waals surface area contributed by atoms with Crippen LogP contribution in [-0.4, -0.2) is 48.8 Å². The SMILES string of the molecule is Cc1nc(C(C)(C)C)oc1CCC(=O)N(C)C1CCS(=O)(=O)C1.